The first-order valence-corrected chi connectivity index (χ1v) is 9.48. The Labute approximate surface area is 147 Å². The summed E-state index contributed by atoms with van der Waals surface area (Å²) in [5.74, 6) is 0. The number of benzene rings is 2. The smallest absolute Gasteiger partial charge is 0.0909 e. The minimum Gasteiger partial charge on any atom is -0.366 e. The summed E-state index contributed by atoms with van der Waals surface area (Å²) in [6, 6.07) is 12.0. The highest BCUT2D eigenvalue weighted by atomic mass is 32.2. The fourth-order valence-electron chi connectivity index (χ4n) is 2.44. The predicted octanol–water partition coefficient (Wildman–Crippen LogP) is 4.64. The van der Waals surface area contributed by atoms with Crippen molar-refractivity contribution in [1.82, 2.24) is 4.90 Å². The molecule has 0 bridgehead atoms. The molecule has 0 N–H and O–H groups in total. The molecular weight excluding hydrogens is 316 g/mol. The van der Waals surface area contributed by atoms with Crippen LogP contribution < -0.4 is 0 Å². The van der Waals surface area contributed by atoms with Gasteiger partial charge in [0.05, 0.1) is 22.8 Å². The van der Waals surface area contributed by atoms with Gasteiger partial charge in [0.2, 0.25) is 0 Å². The van der Waals surface area contributed by atoms with Gasteiger partial charge in [0.15, 0.2) is 0 Å². The van der Waals surface area contributed by atoms with E-state index >= 15 is 0 Å². The first-order chi connectivity index (χ1) is 11.5. The summed E-state index contributed by atoms with van der Waals surface area (Å²) in [4.78, 5) is 8.40. The molecule has 0 fully saturated rings. The van der Waals surface area contributed by atoms with Gasteiger partial charge < -0.3 is 4.90 Å². The largest absolute Gasteiger partial charge is 0.366 e. The molecule has 0 aliphatic carbocycles. The normalized spacial score (nSPS) is 12.5. The molecule has 0 aliphatic heterocycles. The van der Waals surface area contributed by atoms with E-state index < -0.39 is 10.8 Å². The summed E-state index contributed by atoms with van der Waals surface area (Å²) in [5, 5.41) is 0. The second-order valence-corrected chi connectivity index (χ2v) is 7.37. The first kappa shape index (κ1) is 18.4. The topological polar surface area (TPSA) is 32.7 Å². The van der Waals surface area contributed by atoms with Gasteiger partial charge in [0.25, 0.3) is 0 Å². The van der Waals surface area contributed by atoms with Crippen molar-refractivity contribution in [3.05, 3.63) is 53.1 Å². The van der Waals surface area contributed by atoms with Crippen LogP contribution in [-0.2, 0) is 17.2 Å². The molecule has 3 nitrogen and oxygen atoms in total. The van der Waals surface area contributed by atoms with E-state index in [1.165, 1.54) is 0 Å². The van der Waals surface area contributed by atoms with Crippen LogP contribution in [0.3, 0.4) is 0 Å². The number of aliphatic imine (C=N–C) groups is 1. The van der Waals surface area contributed by atoms with Gasteiger partial charge in [0.1, 0.15) is 0 Å². The monoisotopic (exact) mass is 342 g/mol. The van der Waals surface area contributed by atoms with Crippen LogP contribution in [0.1, 0.15) is 30.5 Å². The minimum absolute atomic E-state index is 0.862. The molecule has 1 atom stereocenters. The highest BCUT2D eigenvalue weighted by molar-refractivity contribution is 7.85. The van der Waals surface area contributed by atoms with Crippen LogP contribution in [0.5, 0.6) is 0 Å². The molecule has 0 heterocycles. The maximum absolute atomic E-state index is 13.0. The molecule has 4 heteroatoms. The summed E-state index contributed by atoms with van der Waals surface area (Å²) < 4.78 is 13.0. The number of rotatable bonds is 6. The van der Waals surface area contributed by atoms with Crippen LogP contribution >= 0.6 is 0 Å². The maximum atomic E-state index is 13.0. The summed E-state index contributed by atoms with van der Waals surface area (Å²) in [6.07, 6.45) is 2.71. The third kappa shape index (κ3) is 4.12. The third-order valence-corrected chi connectivity index (χ3v) is 5.84. The zero-order chi connectivity index (χ0) is 17.7. The van der Waals surface area contributed by atoms with Crippen molar-refractivity contribution < 1.29 is 4.21 Å². The van der Waals surface area contributed by atoms with E-state index in [0.717, 1.165) is 45.1 Å². The van der Waals surface area contributed by atoms with Crippen LogP contribution in [0.2, 0.25) is 0 Å². The maximum Gasteiger partial charge on any atom is 0.0909 e. The standard InChI is InChI=1S/C20H26N2OS/c1-6-17-13-20(24(23)19-11-9-8-10-15(19)3)16(4)12-18(17)21-14-22(5)7-2/h8-14H,6-7H2,1-5H3. The molecule has 0 aliphatic rings. The van der Waals surface area contributed by atoms with E-state index in [2.05, 4.69) is 24.9 Å². The van der Waals surface area contributed by atoms with Gasteiger partial charge in [-0.25, -0.2) is 9.20 Å². The van der Waals surface area contributed by atoms with E-state index in [9.17, 15) is 4.21 Å². The zero-order valence-corrected chi connectivity index (χ0v) is 16.0. The predicted molar refractivity (Wildman–Crippen MR) is 103 cm³/mol. The second-order valence-electron chi connectivity index (χ2n) is 5.95. The Hall–Kier alpha value is -1.94. The summed E-state index contributed by atoms with van der Waals surface area (Å²) >= 11 is 0. The second kappa shape index (κ2) is 8.25. The lowest BCUT2D eigenvalue weighted by Crippen LogP contribution is -2.14. The van der Waals surface area contributed by atoms with Gasteiger partial charge in [-0.05, 0) is 62.1 Å². The lowest BCUT2D eigenvalue weighted by atomic mass is 10.1. The molecule has 0 saturated heterocycles. The fraction of sp³-hybridized carbons (Fsp3) is 0.350. The summed E-state index contributed by atoms with van der Waals surface area (Å²) in [5.41, 5.74) is 4.15. The van der Waals surface area contributed by atoms with Gasteiger partial charge >= 0.3 is 0 Å². The highest BCUT2D eigenvalue weighted by Gasteiger charge is 2.14. The third-order valence-electron chi connectivity index (χ3n) is 4.14. The zero-order valence-electron chi connectivity index (χ0n) is 15.2. The Morgan fingerprint density at radius 3 is 2.42 bits per heavy atom. The average molecular weight is 343 g/mol. The quantitative estimate of drug-likeness (QED) is 0.566. The van der Waals surface area contributed by atoms with Gasteiger partial charge in [-0.2, -0.15) is 0 Å². The molecule has 0 saturated carbocycles. The van der Waals surface area contributed by atoms with Gasteiger partial charge in [0, 0.05) is 23.4 Å². The van der Waals surface area contributed by atoms with Crippen molar-refractivity contribution in [2.45, 2.75) is 43.9 Å². The van der Waals surface area contributed by atoms with E-state index in [4.69, 9.17) is 0 Å². The minimum atomic E-state index is -1.17. The van der Waals surface area contributed by atoms with Gasteiger partial charge in [-0.15, -0.1) is 0 Å². The summed E-state index contributed by atoms with van der Waals surface area (Å²) in [6.45, 7) is 9.12. The van der Waals surface area contributed by atoms with Crippen molar-refractivity contribution in [1.29, 1.82) is 0 Å². The lowest BCUT2D eigenvalue weighted by Gasteiger charge is -2.13. The van der Waals surface area contributed by atoms with E-state index in [1.54, 1.807) is 0 Å². The van der Waals surface area contributed by atoms with E-state index in [-0.39, 0.29) is 0 Å². The molecule has 2 aromatic carbocycles. The van der Waals surface area contributed by atoms with Crippen molar-refractivity contribution in [3.63, 3.8) is 0 Å². The number of hydrogen-bond acceptors (Lipinski definition) is 2. The molecule has 0 radical (unpaired) electrons. The highest BCUT2D eigenvalue weighted by Crippen LogP contribution is 2.29. The Morgan fingerprint density at radius 1 is 1.08 bits per heavy atom. The SMILES string of the molecule is CCc1cc(S(=O)c2ccccc2C)c(C)cc1N=CN(C)CC. The first-order valence-electron chi connectivity index (χ1n) is 8.33. The number of hydrogen-bond donors (Lipinski definition) is 0. The van der Waals surface area contributed by atoms with Crippen molar-refractivity contribution >= 4 is 22.8 Å². The molecule has 0 amide bonds. The van der Waals surface area contributed by atoms with E-state index in [1.807, 2.05) is 62.5 Å². The number of aryl methyl sites for hydroxylation is 3. The van der Waals surface area contributed by atoms with E-state index in [0.29, 0.717) is 0 Å². The van der Waals surface area contributed by atoms with Crippen LogP contribution in [0.15, 0.2) is 51.2 Å². The van der Waals surface area contributed by atoms with Gasteiger partial charge in [-0.3, -0.25) is 0 Å². The van der Waals surface area contributed by atoms with Crippen LogP contribution in [0.25, 0.3) is 0 Å². The summed E-state index contributed by atoms with van der Waals surface area (Å²) in [7, 11) is 0.837. The van der Waals surface area contributed by atoms with Crippen molar-refractivity contribution in [3.8, 4) is 0 Å². The Balaban J connectivity index is 2.45. The molecule has 24 heavy (non-hydrogen) atoms. The fourth-order valence-corrected chi connectivity index (χ4v) is 3.84. The molecule has 2 rings (SSSR count). The molecular formula is C20H26N2OS. The number of nitrogens with zero attached hydrogens (tertiary/aromatic N) is 2. The average Bonchev–Trinajstić information content (AvgIpc) is 2.59. The Kier molecular flexibility index (Phi) is 6.32. The molecule has 0 aromatic heterocycles. The lowest BCUT2D eigenvalue weighted by molar-refractivity contribution is 0.552. The van der Waals surface area contributed by atoms with Crippen LogP contribution in [0, 0.1) is 13.8 Å². The van der Waals surface area contributed by atoms with Crippen molar-refractivity contribution in [2.75, 3.05) is 13.6 Å². The molecule has 0 spiro atoms. The molecule has 1 unspecified atom stereocenters. The molecule has 2 aromatic rings. The Morgan fingerprint density at radius 2 is 1.79 bits per heavy atom. The molecule has 128 valence electrons. The Bertz CT molecular complexity index is 768. The van der Waals surface area contributed by atoms with Crippen LogP contribution in [0.4, 0.5) is 5.69 Å². The van der Waals surface area contributed by atoms with Gasteiger partial charge in [-0.1, -0.05) is 25.1 Å². The van der Waals surface area contributed by atoms with Crippen molar-refractivity contribution in [2.24, 2.45) is 4.99 Å². The van der Waals surface area contributed by atoms with Crippen LogP contribution in [-0.4, -0.2) is 29.0 Å².